The number of fused-ring (bicyclic) bond motifs is 2. The summed E-state index contributed by atoms with van der Waals surface area (Å²) in [6.07, 6.45) is 2.80. The van der Waals surface area contributed by atoms with E-state index in [4.69, 9.17) is 4.98 Å². The summed E-state index contributed by atoms with van der Waals surface area (Å²) in [4.78, 5) is 48.4. The van der Waals surface area contributed by atoms with Crippen molar-refractivity contribution in [2.45, 2.75) is 58.0 Å². The molecular formula is C23H32N6O3. The summed E-state index contributed by atoms with van der Waals surface area (Å²) in [5.74, 6) is 0.195. The zero-order valence-electron chi connectivity index (χ0n) is 19.1. The Morgan fingerprint density at radius 1 is 1.19 bits per heavy atom. The average Bonchev–Trinajstić information content (AvgIpc) is 3.36. The maximum atomic E-state index is 13.2. The standard InChI is InChI=1S/C23H32N6O3/c1-14(2)28-9-6-18-17(13-28)23(32)29-20(24-18)11-19(25-29)15-4-7-27(8-5-15)22(31)16-10-21(30)26(3)12-16/h11,14-16,25H,4-10,12-13H2,1-3H3/t16-/m0/s1. The molecule has 9 nitrogen and oxygen atoms in total. The number of rotatable bonds is 3. The van der Waals surface area contributed by atoms with Crippen molar-refractivity contribution in [2.24, 2.45) is 5.92 Å². The van der Waals surface area contributed by atoms with Gasteiger partial charge in [-0.25, -0.2) is 9.50 Å². The molecule has 0 bridgehead atoms. The molecule has 0 aromatic carbocycles. The Kier molecular flexibility index (Phi) is 5.31. The smallest absolute Gasteiger partial charge is 0.277 e. The average molecular weight is 441 g/mol. The predicted octanol–water partition coefficient (Wildman–Crippen LogP) is 0.973. The first-order chi connectivity index (χ1) is 15.3. The van der Waals surface area contributed by atoms with Crippen LogP contribution in [0.1, 0.15) is 56.0 Å². The SMILES string of the molecule is CC(C)N1CCc2nc3cc(C4CCN(C(=O)[C@H]5CC(=O)N(C)C5)CC4)[nH]n3c(=O)c2C1. The fourth-order valence-electron chi connectivity index (χ4n) is 5.37. The van der Waals surface area contributed by atoms with Crippen LogP contribution in [0.2, 0.25) is 0 Å². The third-order valence-corrected chi connectivity index (χ3v) is 7.48. The second-order valence-electron chi connectivity index (χ2n) is 9.84. The molecule has 9 heteroatoms. The molecule has 172 valence electrons. The van der Waals surface area contributed by atoms with Crippen LogP contribution in [0.25, 0.3) is 5.65 Å². The molecule has 2 fully saturated rings. The first kappa shape index (κ1) is 21.2. The fraction of sp³-hybridized carbons (Fsp3) is 0.652. The van der Waals surface area contributed by atoms with E-state index in [1.54, 1.807) is 16.5 Å². The maximum absolute atomic E-state index is 13.2. The molecule has 2 saturated heterocycles. The van der Waals surface area contributed by atoms with Crippen molar-refractivity contribution < 1.29 is 9.59 Å². The number of piperidine rings is 1. The normalized spacial score (nSPS) is 22.9. The minimum Gasteiger partial charge on any atom is -0.345 e. The molecule has 0 saturated carbocycles. The van der Waals surface area contributed by atoms with E-state index in [0.717, 1.165) is 42.8 Å². The second kappa shape index (κ2) is 8.03. The van der Waals surface area contributed by atoms with Gasteiger partial charge in [-0.1, -0.05) is 0 Å². The number of likely N-dealkylation sites (tertiary alicyclic amines) is 2. The molecule has 1 N–H and O–H groups in total. The van der Waals surface area contributed by atoms with Crippen LogP contribution >= 0.6 is 0 Å². The lowest BCUT2D eigenvalue weighted by atomic mass is 9.92. The van der Waals surface area contributed by atoms with E-state index < -0.39 is 0 Å². The monoisotopic (exact) mass is 440 g/mol. The molecule has 32 heavy (non-hydrogen) atoms. The van der Waals surface area contributed by atoms with Gasteiger partial charge >= 0.3 is 0 Å². The quantitative estimate of drug-likeness (QED) is 0.768. The topological polar surface area (TPSA) is 94.0 Å². The first-order valence-electron chi connectivity index (χ1n) is 11.7. The molecule has 0 unspecified atom stereocenters. The van der Waals surface area contributed by atoms with Crippen LogP contribution in [0.3, 0.4) is 0 Å². The summed E-state index contributed by atoms with van der Waals surface area (Å²) in [5, 5.41) is 3.31. The van der Waals surface area contributed by atoms with Crippen LogP contribution in [-0.2, 0) is 22.6 Å². The van der Waals surface area contributed by atoms with Crippen molar-refractivity contribution in [1.82, 2.24) is 29.3 Å². The lowest BCUT2D eigenvalue weighted by Gasteiger charge is -2.33. The number of aromatic nitrogens is 3. The number of hydrogen-bond acceptors (Lipinski definition) is 5. The van der Waals surface area contributed by atoms with Crippen molar-refractivity contribution in [1.29, 1.82) is 0 Å². The zero-order chi connectivity index (χ0) is 22.6. The number of H-pyrrole nitrogens is 1. The Bertz CT molecular complexity index is 1110. The minimum absolute atomic E-state index is 0.00392. The number of carbonyl (C=O) groups is 2. The molecule has 0 spiro atoms. The number of carbonyl (C=O) groups excluding carboxylic acids is 2. The van der Waals surface area contributed by atoms with Crippen LogP contribution in [0.5, 0.6) is 0 Å². The largest absolute Gasteiger partial charge is 0.345 e. The van der Waals surface area contributed by atoms with E-state index >= 15 is 0 Å². The molecule has 0 radical (unpaired) electrons. The zero-order valence-corrected chi connectivity index (χ0v) is 19.1. The third kappa shape index (κ3) is 3.62. The number of amides is 2. The van der Waals surface area contributed by atoms with Gasteiger partial charge < -0.3 is 9.80 Å². The Morgan fingerprint density at radius 2 is 1.94 bits per heavy atom. The number of nitrogens with one attached hydrogen (secondary N) is 1. The summed E-state index contributed by atoms with van der Waals surface area (Å²) in [7, 11) is 1.76. The van der Waals surface area contributed by atoms with Crippen molar-refractivity contribution in [3.63, 3.8) is 0 Å². The predicted molar refractivity (Wildman–Crippen MR) is 119 cm³/mol. The first-order valence-corrected chi connectivity index (χ1v) is 11.7. The van der Waals surface area contributed by atoms with E-state index in [2.05, 4.69) is 23.8 Å². The highest BCUT2D eigenvalue weighted by Gasteiger charge is 2.36. The van der Waals surface area contributed by atoms with Crippen LogP contribution in [-0.4, -0.2) is 80.4 Å². The number of aromatic amines is 1. The number of nitrogens with zero attached hydrogens (tertiary/aromatic N) is 5. The molecule has 2 aromatic heterocycles. The Morgan fingerprint density at radius 3 is 2.59 bits per heavy atom. The van der Waals surface area contributed by atoms with Crippen LogP contribution < -0.4 is 5.56 Å². The van der Waals surface area contributed by atoms with Gasteiger partial charge in [0, 0.05) is 76.3 Å². The molecule has 0 aliphatic carbocycles. The van der Waals surface area contributed by atoms with Gasteiger partial charge in [0.1, 0.15) is 0 Å². The molecular weight excluding hydrogens is 408 g/mol. The molecule has 2 amide bonds. The van der Waals surface area contributed by atoms with E-state index in [9.17, 15) is 14.4 Å². The van der Waals surface area contributed by atoms with Crippen molar-refractivity contribution in [3.8, 4) is 0 Å². The summed E-state index contributed by atoms with van der Waals surface area (Å²) >= 11 is 0. The van der Waals surface area contributed by atoms with Gasteiger partial charge in [-0.15, -0.1) is 0 Å². The Labute approximate surface area is 187 Å². The van der Waals surface area contributed by atoms with Crippen LogP contribution in [0.15, 0.2) is 10.9 Å². The van der Waals surface area contributed by atoms with Gasteiger partial charge in [0.2, 0.25) is 11.8 Å². The molecule has 1 atom stereocenters. The van der Waals surface area contributed by atoms with Crippen molar-refractivity contribution in [2.75, 3.05) is 33.2 Å². The van der Waals surface area contributed by atoms with Gasteiger partial charge in [0.25, 0.3) is 5.56 Å². The van der Waals surface area contributed by atoms with Gasteiger partial charge in [-0.05, 0) is 26.7 Å². The highest BCUT2D eigenvalue weighted by atomic mass is 16.2. The third-order valence-electron chi connectivity index (χ3n) is 7.48. The molecule has 5 heterocycles. The van der Waals surface area contributed by atoms with Gasteiger partial charge in [0.15, 0.2) is 5.65 Å². The molecule has 5 rings (SSSR count). The maximum Gasteiger partial charge on any atom is 0.277 e. The Balaban J connectivity index is 1.30. The summed E-state index contributed by atoms with van der Waals surface area (Å²) in [6, 6.07) is 2.40. The van der Waals surface area contributed by atoms with Crippen LogP contribution in [0, 0.1) is 5.92 Å². The molecule has 3 aliphatic rings. The highest BCUT2D eigenvalue weighted by molar-refractivity contribution is 5.89. The van der Waals surface area contributed by atoms with E-state index in [-0.39, 0.29) is 29.2 Å². The molecule has 3 aliphatic heterocycles. The fourth-order valence-corrected chi connectivity index (χ4v) is 5.37. The lowest BCUT2D eigenvalue weighted by molar-refractivity contribution is -0.136. The summed E-state index contributed by atoms with van der Waals surface area (Å²) in [6.45, 7) is 7.76. The van der Waals surface area contributed by atoms with Gasteiger partial charge in [-0.3, -0.25) is 24.4 Å². The van der Waals surface area contributed by atoms with E-state index in [0.29, 0.717) is 44.3 Å². The minimum atomic E-state index is -0.211. The second-order valence-corrected chi connectivity index (χ2v) is 9.84. The van der Waals surface area contributed by atoms with Crippen molar-refractivity contribution >= 4 is 17.5 Å². The van der Waals surface area contributed by atoms with Gasteiger partial charge in [0.05, 0.1) is 17.2 Å². The van der Waals surface area contributed by atoms with Crippen LogP contribution in [0.4, 0.5) is 0 Å². The summed E-state index contributed by atoms with van der Waals surface area (Å²) in [5.41, 5.74) is 3.43. The highest BCUT2D eigenvalue weighted by Crippen LogP contribution is 2.29. The number of hydrogen-bond donors (Lipinski definition) is 1. The van der Waals surface area contributed by atoms with Gasteiger partial charge in [-0.2, -0.15) is 0 Å². The van der Waals surface area contributed by atoms with Crippen molar-refractivity contribution in [3.05, 3.63) is 33.4 Å². The van der Waals surface area contributed by atoms with E-state index in [1.165, 1.54) is 0 Å². The van der Waals surface area contributed by atoms with E-state index in [1.807, 2.05) is 11.0 Å². The lowest BCUT2D eigenvalue weighted by Crippen LogP contribution is -2.42. The molecule has 2 aromatic rings. The Hall–Kier alpha value is -2.68. The summed E-state index contributed by atoms with van der Waals surface area (Å²) < 4.78 is 1.59.